The molecule has 0 aliphatic rings. The summed E-state index contributed by atoms with van der Waals surface area (Å²) in [6, 6.07) is 14.9. The summed E-state index contributed by atoms with van der Waals surface area (Å²) in [7, 11) is 0. The van der Waals surface area contributed by atoms with Crippen molar-refractivity contribution in [2.45, 2.75) is 26.8 Å². The number of benzene rings is 2. The Balaban J connectivity index is 1.61. The fourth-order valence-corrected chi connectivity index (χ4v) is 3.27. The molecule has 0 aliphatic heterocycles. The zero-order chi connectivity index (χ0) is 22.2. The maximum absolute atomic E-state index is 12.4. The number of ether oxygens (including phenoxy) is 1. The molecule has 3 rings (SSSR count). The van der Waals surface area contributed by atoms with Gasteiger partial charge in [0.05, 0.1) is 13.2 Å². The first-order valence-corrected chi connectivity index (χ1v) is 10.5. The first-order valence-electron chi connectivity index (χ1n) is 10.0. The van der Waals surface area contributed by atoms with E-state index >= 15 is 0 Å². The van der Waals surface area contributed by atoms with Gasteiger partial charge in [-0.3, -0.25) is 19.3 Å². The van der Waals surface area contributed by atoms with Gasteiger partial charge in [-0.2, -0.15) is 5.10 Å². The quantitative estimate of drug-likeness (QED) is 0.444. The summed E-state index contributed by atoms with van der Waals surface area (Å²) in [5.74, 6) is 0.644. The van der Waals surface area contributed by atoms with Crippen molar-refractivity contribution < 1.29 is 14.3 Å². The summed E-state index contributed by atoms with van der Waals surface area (Å²) in [5, 5.41) is 12.4. The van der Waals surface area contributed by atoms with Gasteiger partial charge in [-0.1, -0.05) is 25.1 Å². The molecule has 3 aromatic rings. The molecule has 1 heterocycles. The molecule has 0 saturated carbocycles. The van der Waals surface area contributed by atoms with E-state index in [0.717, 1.165) is 29.0 Å². The molecular weight excluding hydrogens is 414 g/mol. The molecule has 0 radical (unpaired) electrons. The third-order valence-electron chi connectivity index (χ3n) is 4.60. The Morgan fingerprint density at radius 1 is 1.10 bits per heavy atom. The number of hydrogen-bond acceptors (Lipinski definition) is 5. The van der Waals surface area contributed by atoms with E-state index < -0.39 is 0 Å². The lowest BCUT2D eigenvalue weighted by molar-refractivity contribution is -0.124. The molecule has 1 aromatic heterocycles. The van der Waals surface area contributed by atoms with Crippen molar-refractivity contribution in [2.75, 3.05) is 18.5 Å². The van der Waals surface area contributed by atoms with Gasteiger partial charge >= 0.3 is 0 Å². The van der Waals surface area contributed by atoms with Gasteiger partial charge in [0.2, 0.25) is 11.8 Å². The van der Waals surface area contributed by atoms with Crippen molar-refractivity contribution in [3.8, 4) is 17.1 Å². The van der Waals surface area contributed by atoms with Crippen LogP contribution in [0.3, 0.4) is 0 Å². The van der Waals surface area contributed by atoms with Crippen molar-refractivity contribution >= 4 is 29.7 Å². The molecule has 2 amide bonds. The van der Waals surface area contributed by atoms with E-state index in [9.17, 15) is 9.59 Å². The number of hydrogen-bond donors (Lipinski definition) is 3. The Bertz CT molecular complexity index is 1100. The molecule has 0 bridgehead atoms. The third-order valence-corrected chi connectivity index (χ3v) is 4.91. The Morgan fingerprint density at radius 3 is 2.55 bits per heavy atom. The summed E-state index contributed by atoms with van der Waals surface area (Å²) >= 11 is 5.27. The molecule has 162 valence electrons. The average molecular weight is 440 g/mol. The highest BCUT2D eigenvalue weighted by molar-refractivity contribution is 7.71. The Hall–Kier alpha value is -3.46. The number of H-pyrrole nitrogens is 1. The van der Waals surface area contributed by atoms with Gasteiger partial charge in [0.1, 0.15) is 12.3 Å². The topological polar surface area (TPSA) is 101 Å². The predicted octanol–water partition coefficient (Wildman–Crippen LogP) is 3.32. The smallest absolute Gasteiger partial charge is 0.243 e. The molecule has 2 aromatic carbocycles. The van der Waals surface area contributed by atoms with E-state index in [2.05, 4.69) is 20.8 Å². The van der Waals surface area contributed by atoms with E-state index in [4.69, 9.17) is 17.0 Å². The van der Waals surface area contributed by atoms with Crippen molar-refractivity contribution in [3.63, 3.8) is 0 Å². The minimum atomic E-state index is -0.344. The first kappa shape index (κ1) is 22.2. The number of carbonyl (C=O) groups excluding carboxylic acids is 2. The fraction of sp³-hybridized carbons (Fsp3) is 0.273. The first-order chi connectivity index (χ1) is 15.0. The summed E-state index contributed by atoms with van der Waals surface area (Å²) in [5.41, 5.74) is 2.57. The second-order valence-electron chi connectivity index (χ2n) is 6.73. The number of aromatic amines is 1. The van der Waals surface area contributed by atoms with Crippen LogP contribution in [0, 0.1) is 4.77 Å². The maximum Gasteiger partial charge on any atom is 0.243 e. The summed E-state index contributed by atoms with van der Waals surface area (Å²) in [4.78, 5) is 24.7. The number of nitrogens with zero attached hydrogens (tertiary/aromatic N) is 2. The Morgan fingerprint density at radius 2 is 1.84 bits per heavy atom. The van der Waals surface area contributed by atoms with E-state index in [1.54, 1.807) is 4.57 Å². The van der Waals surface area contributed by atoms with Gasteiger partial charge in [0.15, 0.2) is 10.6 Å². The number of amides is 2. The third kappa shape index (κ3) is 5.79. The number of para-hydroxylation sites is 1. The number of anilines is 1. The maximum atomic E-state index is 12.4. The molecule has 0 spiro atoms. The Kier molecular flexibility index (Phi) is 7.55. The van der Waals surface area contributed by atoms with E-state index in [1.807, 2.05) is 62.4 Å². The van der Waals surface area contributed by atoms with E-state index in [-0.39, 0.29) is 24.9 Å². The molecule has 9 heteroatoms. The van der Waals surface area contributed by atoms with Crippen LogP contribution in [0.5, 0.6) is 5.75 Å². The lowest BCUT2D eigenvalue weighted by atomic mass is 10.1. The molecule has 3 N–H and O–H groups in total. The van der Waals surface area contributed by atoms with Crippen LogP contribution < -0.4 is 15.4 Å². The summed E-state index contributed by atoms with van der Waals surface area (Å²) in [6.07, 6.45) is 0.801. The standard InChI is InChI=1S/C22H25N5O3S/c1-3-15-7-5-6-8-18(15)24-19(28)13-23-20(29)14-27-21(25-26-22(27)31)16-9-11-17(12-10-16)30-4-2/h5-12H,3-4,13-14H2,1-2H3,(H,23,29)(H,24,28)(H,26,31). The zero-order valence-corrected chi connectivity index (χ0v) is 18.3. The van der Waals surface area contributed by atoms with Gasteiger partial charge in [0.25, 0.3) is 0 Å². The highest BCUT2D eigenvalue weighted by atomic mass is 32.1. The number of aryl methyl sites for hydroxylation is 1. The van der Waals surface area contributed by atoms with Crippen LogP contribution in [-0.4, -0.2) is 39.7 Å². The van der Waals surface area contributed by atoms with Crippen molar-refractivity contribution in [2.24, 2.45) is 0 Å². The van der Waals surface area contributed by atoms with Gasteiger partial charge in [0, 0.05) is 11.3 Å². The number of rotatable bonds is 9. The monoisotopic (exact) mass is 439 g/mol. The van der Waals surface area contributed by atoms with Gasteiger partial charge < -0.3 is 15.4 Å². The fourth-order valence-electron chi connectivity index (χ4n) is 3.07. The largest absolute Gasteiger partial charge is 0.494 e. The Labute approximate surface area is 185 Å². The van der Waals surface area contributed by atoms with Gasteiger partial charge in [-0.25, -0.2) is 0 Å². The van der Waals surface area contributed by atoms with E-state index in [0.29, 0.717) is 17.2 Å². The number of aromatic nitrogens is 3. The molecule has 0 aliphatic carbocycles. The molecular formula is C22H25N5O3S. The van der Waals surface area contributed by atoms with Gasteiger partial charge in [-0.05, 0) is 61.5 Å². The van der Waals surface area contributed by atoms with Crippen LogP contribution >= 0.6 is 12.2 Å². The van der Waals surface area contributed by atoms with Crippen LogP contribution in [0.15, 0.2) is 48.5 Å². The number of carbonyl (C=O) groups is 2. The lowest BCUT2D eigenvalue weighted by Crippen LogP contribution is -2.35. The molecule has 8 nitrogen and oxygen atoms in total. The van der Waals surface area contributed by atoms with Crippen molar-refractivity contribution in [1.29, 1.82) is 0 Å². The normalized spacial score (nSPS) is 10.5. The average Bonchev–Trinajstić information content (AvgIpc) is 3.13. The van der Waals surface area contributed by atoms with Crippen LogP contribution in [0.25, 0.3) is 11.4 Å². The predicted molar refractivity (Wildman–Crippen MR) is 121 cm³/mol. The summed E-state index contributed by atoms with van der Waals surface area (Å²) < 4.78 is 7.36. The van der Waals surface area contributed by atoms with Crippen LogP contribution in [0.4, 0.5) is 5.69 Å². The molecule has 0 atom stereocenters. The molecule has 0 fully saturated rings. The minimum absolute atomic E-state index is 0.0588. The van der Waals surface area contributed by atoms with Gasteiger partial charge in [-0.15, -0.1) is 0 Å². The van der Waals surface area contributed by atoms with Crippen LogP contribution in [0.2, 0.25) is 0 Å². The zero-order valence-electron chi connectivity index (χ0n) is 17.5. The highest BCUT2D eigenvalue weighted by Gasteiger charge is 2.14. The molecule has 0 saturated heterocycles. The number of nitrogens with one attached hydrogen (secondary N) is 3. The highest BCUT2D eigenvalue weighted by Crippen LogP contribution is 2.21. The SMILES string of the molecule is CCOc1ccc(-c2n[nH]c(=S)n2CC(=O)NCC(=O)Nc2ccccc2CC)cc1. The van der Waals surface area contributed by atoms with Crippen molar-refractivity contribution in [3.05, 3.63) is 58.9 Å². The minimum Gasteiger partial charge on any atom is -0.494 e. The van der Waals surface area contributed by atoms with E-state index in [1.165, 1.54) is 0 Å². The van der Waals surface area contributed by atoms with Crippen LogP contribution in [-0.2, 0) is 22.6 Å². The van der Waals surface area contributed by atoms with Crippen molar-refractivity contribution in [1.82, 2.24) is 20.1 Å². The molecule has 31 heavy (non-hydrogen) atoms. The molecule has 0 unspecified atom stereocenters. The second-order valence-corrected chi connectivity index (χ2v) is 7.12. The summed E-state index contributed by atoms with van der Waals surface area (Å²) in [6.45, 7) is 4.32. The second kappa shape index (κ2) is 10.5. The lowest BCUT2D eigenvalue weighted by Gasteiger charge is -2.11. The van der Waals surface area contributed by atoms with Crippen LogP contribution in [0.1, 0.15) is 19.4 Å².